The molecular formula is C13H14N2O3. The summed E-state index contributed by atoms with van der Waals surface area (Å²) in [7, 11) is 4.80. The van der Waals surface area contributed by atoms with Crippen LogP contribution in [-0.4, -0.2) is 29.8 Å². The summed E-state index contributed by atoms with van der Waals surface area (Å²) in [4.78, 5) is 12.4. The fourth-order valence-electron chi connectivity index (χ4n) is 1.74. The van der Waals surface area contributed by atoms with Crippen LogP contribution in [-0.2, 0) is 7.05 Å². The number of nitrogens with zero attached hydrogens (tertiary/aromatic N) is 2. The Morgan fingerprint density at radius 1 is 1.17 bits per heavy atom. The van der Waals surface area contributed by atoms with Crippen LogP contribution in [0.5, 0.6) is 11.5 Å². The number of ketones is 1. The summed E-state index contributed by atoms with van der Waals surface area (Å²) in [5.74, 6) is 0.736. The van der Waals surface area contributed by atoms with Gasteiger partial charge in [0, 0.05) is 13.2 Å². The number of methoxy groups -OCH3 is 2. The van der Waals surface area contributed by atoms with Crippen molar-refractivity contribution in [2.45, 2.75) is 0 Å². The van der Waals surface area contributed by atoms with Gasteiger partial charge in [-0.2, -0.15) is 5.10 Å². The normalized spacial score (nSPS) is 10.2. The van der Waals surface area contributed by atoms with E-state index < -0.39 is 0 Å². The van der Waals surface area contributed by atoms with E-state index in [0.717, 1.165) is 0 Å². The van der Waals surface area contributed by atoms with Crippen molar-refractivity contribution in [3.63, 3.8) is 0 Å². The van der Waals surface area contributed by atoms with E-state index in [4.69, 9.17) is 9.47 Å². The Morgan fingerprint density at radius 2 is 1.78 bits per heavy atom. The maximum absolute atomic E-state index is 12.4. The van der Waals surface area contributed by atoms with Gasteiger partial charge in [-0.3, -0.25) is 9.48 Å². The van der Waals surface area contributed by atoms with E-state index in [0.29, 0.717) is 22.8 Å². The fourth-order valence-corrected chi connectivity index (χ4v) is 1.74. The summed E-state index contributed by atoms with van der Waals surface area (Å²) in [5, 5.41) is 4.09. The molecule has 0 saturated heterocycles. The number of hydrogen-bond acceptors (Lipinski definition) is 4. The molecule has 0 unspecified atom stereocenters. The van der Waals surface area contributed by atoms with Crippen molar-refractivity contribution in [3.05, 3.63) is 41.7 Å². The van der Waals surface area contributed by atoms with Gasteiger partial charge >= 0.3 is 0 Å². The number of carbonyl (C=O) groups is 1. The van der Waals surface area contributed by atoms with Crippen LogP contribution in [0.3, 0.4) is 0 Å². The maximum atomic E-state index is 12.4. The first-order chi connectivity index (χ1) is 8.67. The van der Waals surface area contributed by atoms with Gasteiger partial charge in [0.15, 0.2) is 0 Å². The zero-order valence-corrected chi connectivity index (χ0v) is 10.5. The molecule has 94 valence electrons. The highest BCUT2D eigenvalue weighted by molar-refractivity contribution is 6.11. The maximum Gasteiger partial charge on any atom is 0.220 e. The molecule has 1 aromatic carbocycles. The molecule has 0 fully saturated rings. The molecule has 0 aliphatic heterocycles. The Morgan fingerprint density at radius 3 is 2.22 bits per heavy atom. The molecule has 2 rings (SSSR count). The average Bonchev–Trinajstić information content (AvgIpc) is 2.83. The van der Waals surface area contributed by atoms with Gasteiger partial charge in [0.1, 0.15) is 22.8 Å². The predicted molar refractivity (Wildman–Crippen MR) is 66.2 cm³/mol. The molecule has 1 heterocycles. The first-order valence-corrected chi connectivity index (χ1v) is 5.42. The molecule has 1 aromatic heterocycles. The lowest BCUT2D eigenvalue weighted by molar-refractivity contribution is 0.102. The van der Waals surface area contributed by atoms with Crippen LogP contribution in [0.4, 0.5) is 0 Å². The van der Waals surface area contributed by atoms with Crippen molar-refractivity contribution in [1.82, 2.24) is 9.78 Å². The van der Waals surface area contributed by atoms with Crippen LogP contribution in [0.2, 0.25) is 0 Å². The minimum atomic E-state index is -0.218. The van der Waals surface area contributed by atoms with Crippen LogP contribution in [0.15, 0.2) is 30.5 Å². The second kappa shape index (κ2) is 4.91. The molecule has 5 heteroatoms. The minimum absolute atomic E-state index is 0.218. The Hall–Kier alpha value is -2.30. The summed E-state index contributed by atoms with van der Waals surface area (Å²) >= 11 is 0. The number of carbonyl (C=O) groups excluding carboxylic acids is 1. The summed E-state index contributed by atoms with van der Waals surface area (Å²) in [6, 6.07) is 6.87. The zero-order chi connectivity index (χ0) is 13.1. The molecule has 0 aliphatic carbocycles. The van der Waals surface area contributed by atoms with Crippen molar-refractivity contribution in [2.24, 2.45) is 7.05 Å². The lowest BCUT2D eigenvalue weighted by Gasteiger charge is -2.10. The summed E-state index contributed by atoms with van der Waals surface area (Å²) < 4.78 is 12.0. The van der Waals surface area contributed by atoms with E-state index in [1.54, 1.807) is 42.2 Å². The Kier molecular flexibility index (Phi) is 3.32. The van der Waals surface area contributed by atoms with Crippen LogP contribution >= 0.6 is 0 Å². The second-order valence-electron chi connectivity index (χ2n) is 3.74. The number of ether oxygens (including phenoxy) is 2. The Balaban J connectivity index is 2.52. The Bertz CT molecular complexity index is 553. The molecular weight excluding hydrogens is 232 g/mol. The second-order valence-corrected chi connectivity index (χ2v) is 3.74. The smallest absolute Gasteiger partial charge is 0.220 e. The highest BCUT2D eigenvalue weighted by Gasteiger charge is 2.21. The monoisotopic (exact) mass is 246 g/mol. The molecule has 0 aliphatic rings. The third kappa shape index (κ3) is 2.07. The third-order valence-corrected chi connectivity index (χ3v) is 2.60. The van der Waals surface area contributed by atoms with Gasteiger partial charge in [0.25, 0.3) is 0 Å². The van der Waals surface area contributed by atoms with Gasteiger partial charge < -0.3 is 9.47 Å². The van der Waals surface area contributed by atoms with Gasteiger partial charge in [0.05, 0.1) is 14.2 Å². The molecule has 0 radical (unpaired) electrons. The van der Waals surface area contributed by atoms with Crippen molar-refractivity contribution in [3.8, 4) is 11.5 Å². The van der Waals surface area contributed by atoms with E-state index >= 15 is 0 Å². The molecule has 5 nitrogen and oxygen atoms in total. The first-order valence-electron chi connectivity index (χ1n) is 5.42. The van der Waals surface area contributed by atoms with Gasteiger partial charge in [-0.1, -0.05) is 6.07 Å². The van der Waals surface area contributed by atoms with Gasteiger partial charge in [-0.05, 0) is 18.2 Å². The molecule has 0 bridgehead atoms. The average molecular weight is 246 g/mol. The van der Waals surface area contributed by atoms with E-state index in [1.807, 2.05) is 0 Å². The van der Waals surface area contributed by atoms with Crippen molar-refractivity contribution in [1.29, 1.82) is 0 Å². The van der Waals surface area contributed by atoms with E-state index in [1.165, 1.54) is 14.2 Å². The topological polar surface area (TPSA) is 53.4 Å². The van der Waals surface area contributed by atoms with Crippen molar-refractivity contribution < 1.29 is 14.3 Å². The van der Waals surface area contributed by atoms with Gasteiger partial charge in [-0.25, -0.2) is 0 Å². The standard InChI is InChI=1S/C13H14N2O3/c1-15-8-7-9(14-15)13(16)12-10(17-2)5-4-6-11(12)18-3/h4-8H,1-3H3. The third-order valence-electron chi connectivity index (χ3n) is 2.60. The minimum Gasteiger partial charge on any atom is -0.496 e. The van der Waals surface area contributed by atoms with E-state index in [-0.39, 0.29) is 5.78 Å². The van der Waals surface area contributed by atoms with Gasteiger partial charge in [0.2, 0.25) is 5.78 Å². The summed E-state index contributed by atoms with van der Waals surface area (Å²) in [5.41, 5.74) is 0.751. The van der Waals surface area contributed by atoms with Crippen LogP contribution < -0.4 is 9.47 Å². The number of rotatable bonds is 4. The summed E-state index contributed by atoms with van der Waals surface area (Å²) in [6.07, 6.45) is 1.72. The Labute approximate surface area is 105 Å². The quantitative estimate of drug-likeness (QED) is 0.770. The number of benzene rings is 1. The highest BCUT2D eigenvalue weighted by atomic mass is 16.5. The lowest BCUT2D eigenvalue weighted by atomic mass is 10.1. The first kappa shape index (κ1) is 12.2. The molecule has 0 amide bonds. The highest BCUT2D eigenvalue weighted by Crippen LogP contribution is 2.30. The zero-order valence-electron chi connectivity index (χ0n) is 10.5. The van der Waals surface area contributed by atoms with Crippen LogP contribution in [0.25, 0.3) is 0 Å². The molecule has 0 N–H and O–H groups in total. The molecule has 2 aromatic rings. The fraction of sp³-hybridized carbons (Fsp3) is 0.231. The largest absolute Gasteiger partial charge is 0.496 e. The van der Waals surface area contributed by atoms with Crippen LogP contribution in [0, 0.1) is 0 Å². The predicted octanol–water partition coefficient (Wildman–Crippen LogP) is 1.67. The van der Waals surface area contributed by atoms with E-state index in [2.05, 4.69) is 5.10 Å². The number of hydrogen-bond donors (Lipinski definition) is 0. The van der Waals surface area contributed by atoms with Crippen molar-refractivity contribution >= 4 is 5.78 Å². The number of aromatic nitrogens is 2. The molecule has 0 atom stereocenters. The SMILES string of the molecule is COc1cccc(OC)c1C(=O)c1ccn(C)n1. The van der Waals surface area contributed by atoms with Gasteiger partial charge in [-0.15, -0.1) is 0 Å². The lowest BCUT2D eigenvalue weighted by Crippen LogP contribution is -2.07. The van der Waals surface area contributed by atoms with Crippen LogP contribution in [0.1, 0.15) is 16.1 Å². The summed E-state index contributed by atoms with van der Waals surface area (Å²) in [6.45, 7) is 0. The van der Waals surface area contributed by atoms with E-state index in [9.17, 15) is 4.79 Å². The van der Waals surface area contributed by atoms with Crippen molar-refractivity contribution in [2.75, 3.05) is 14.2 Å². The molecule has 0 spiro atoms. The molecule has 0 saturated carbocycles. The number of aryl methyl sites for hydroxylation is 1. The molecule has 18 heavy (non-hydrogen) atoms.